The largest absolute Gasteiger partial charge is 0.324 e. The van der Waals surface area contributed by atoms with Crippen LogP contribution in [0.15, 0.2) is 41.1 Å². The summed E-state index contributed by atoms with van der Waals surface area (Å²) in [6, 6.07) is 6.63. The Balaban J connectivity index is 2.24. The van der Waals surface area contributed by atoms with Gasteiger partial charge in [0.2, 0.25) is 0 Å². The van der Waals surface area contributed by atoms with Crippen molar-refractivity contribution in [3.8, 4) is 0 Å². The van der Waals surface area contributed by atoms with Gasteiger partial charge in [-0.15, -0.1) is 0 Å². The van der Waals surface area contributed by atoms with Crippen molar-refractivity contribution in [1.82, 2.24) is 4.98 Å². The molecule has 94 valence electrons. The van der Waals surface area contributed by atoms with Crippen LogP contribution in [0.1, 0.15) is 17.2 Å². The predicted octanol–water partition coefficient (Wildman–Crippen LogP) is 3.88. The zero-order valence-electron chi connectivity index (χ0n) is 9.41. The molecule has 2 aromatic rings. The van der Waals surface area contributed by atoms with Crippen molar-refractivity contribution in [2.45, 2.75) is 12.5 Å². The number of aromatic nitrogens is 1. The highest BCUT2D eigenvalue weighted by Gasteiger charge is 2.16. The fourth-order valence-electron chi connectivity index (χ4n) is 1.71. The summed E-state index contributed by atoms with van der Waals surface area (Å²) in [6.45, 7) is 0. The number of halogens is 3. The second kappa shape index (κ2) is 5.78. The lowest BCUT2D eigenvalue weighted by Gasteiger charge is -2.14. The molecule has 0 radical (unpaired) electrons. The van der Waals surface area contributed by atoms with Crippen LogP contribution >= 0.6 is 27.5 Å². The molecule has 0 spiro atoms. The normalized spacial score (nSPS) is 12.4. The van der Waals surface area contributed by atoms with Crippen molar-refractivity contribution < 1.29 is 4.39 Å². The Labute approximate surface area is 118 Å². The van der Waals surface area contributed by atoms with Gasteiger partial charge in [0.1, 0.15) is 5.82 Å². The number of hydrogen-bond acceptors (Lipinski definition) is 2. The summed E-state index contributed by atoms with van der Waals surface area (Å²) in [6.07, 6.45) is 3.92. The maximum atomic E-state index is 14.0. The van der Waals surface area contributed by atoms with Crippen LogP contribution in [0.2, 0.25) is 5.02 Å². The fourth-order valence-corrected chi connectivity index (χ4v) is 2.19. The number of benzene rings is 1. The maximum Gasteiger partial charge on any atom is 0.147 e. The lowest BCUT2D eigenvalue weighted by Crippen LogP contribution is -2.15. The number of pyridine rings is 1. The zero-order chi connectivity index (χ0) is 13.1. The average Bonchev–Trinajstić information content (AvgIpc) is 2.37. The predicted molar refractivity (Wildman–Crippen MR) is 74.0 cm³/mol. The van der Waals surface area contributed by atoms with Gasteiger partial charge in [-0.3, -0.25) is 4.98 Å². The Bertz CT molecular complexity index is 548. The van der Waals surface area contributed by atoms with Gasteiger partial charge in [-0.1, -0.05) is 23.7 Å². The number of rotatable bonds is 3. The Kier molecular flexibility index (Phi) is 4.32. The van der Waals surface area contributed by atoms with E-state index in [9.17, 15) is 4.39 Å². The minimum atomic E-state index is -0.470. The summed E-state index contributed by atoms with van der Waals surface area (Å²) in [7, 11) is 0. The Morgan fingerprint density at radius 1 is 1.39 bits per heavy atom. The highest BCUT2D eigenvalue weighted by molar-refractivity contribution is 9.10. The molecule has 5 heteroatoms. The van der Waals surface area contributed by atoms with Gasteiger partial charge >= 0.3 is 0 Å². The summed E-state index contributed by atoms with van der Waals surface area (Å²) >= 11 is 9.01. The van der Waals surface area contributed by atoms with E-state index in [4.69, 9.17) is 17.3 Å². The molecule has 1 aromatic carbocycles. The summed E-state index contributed by atoms with van der Waals surface area (Å²) in [4.78, 5) is 4.00. The molecule has 0 fully saturated rings. The van der Waals surface area contributed by atoms with Crippen LogP contribution in [0, 0.1) is 5.82 Å². The van der Waals surface area contributed by atoms with Crippen LogP contribution in [-0.2, 0) is 6.42 Å². The zero-order valence-corrected chi connectivity index (χ0v) is 11.7. The minimum absolute atomic E-state index is 0.0640. The van der Waals surface area contributed by atoms with E-state index >= 15 is 0 Å². The molecule has 0 saturated carbocycles. The average molecular weight is 330 g/mol. The third kappa shape index (κ3) is 2.88. The lowest BCUT2D eigenvalue weighted by atomic mass is 10.0. The van der Waals surface area contributed by atoms with Gasteiger partial charge in [-0.05, 0) is 40.0 Å². The SMILES string of the molecule is NC(Cc1cccnc1)c1ccc(Br)c(Cl)c1F. The molecule has 1 heterocycles. The van der Waals surface area contributed by atoms with E-state index in [-0.39, 0.29) is 5.02 Å². The smallest absolute Gasteiger partial charge is 0.147 e. The van der Waals surface area contributed by atoms with E-state index in [0.29, 0.717) is 16.5 Å². The molecule has 2 N–H and O–H groups in total. The van der Waals surface area contributed by atoms with Crippen LogP contribution < -0.4 is 5.73 Å². The molecule has 0 aliphatic carbocycles. The van der Waals surface area contributed by atoms with Crippen LogP contribution in [0.3, 0.4) is 0 Å². The van der Waals surface area contributed by atoms with Crippen molar-refractivity contribution in [1.29, 1.82) is 0 Å². The summed E-state index contributed by atoms with van der Waals surface area (Å²) in [5.41, 5.74) is 7.38. The van der Waals surface area contributed by atoms with Crippen molar-refractivity contribution in [3.05, 3.63) is 63.1 Å². The molecule has 0 aliphatic rings. The van der Waals surface area contributed by atoms with E-state index in [1.807, 2.05) is 12.1 Å². The monoisotopic (exact) mass is 328 g/mol. The molecule has 0 amide bonds. The van der Waals surface area contributed by atoms with Gasteiger partial charge in [0.25, 0.3) is 0 Å². The van der Waals surface area contributed by atoms with Gasteiger partial charge in [0, 0.05) is 28.5 Å². The van der Waals surface area contributed by atoms with Gasteiger partial charge in [0.05, 0.1) is 5.02 Å². The molecule has 0 bridgehead atoms. The molecular weight excluding hydrogens is 319 g/mol. The van der Waals surface area contributed by atoms with Crippen molar-refractivity contribution >= 4 is 27.5 Å². The van der Waals surface area contributed by atoms with E-state index in [1.54, 1.807) is 24.5 Å². The summed E-state index contributed by atoms with van der Waals surface area (Å²) < 4.78 is 14.5. The van der Waals surface area contributed by atoms with Gasteiger partial charge in [-0.25, -0.2) is 4.39 Å². The molecule has 1 atom stereocenters. The number of nitrogens with two attached hydrogens (primary N) is 1. The first-order valence-corrected chi connectivity index (χ1v) is 6.54. The van der Waals surface area contributed by atoms with Crippen molar-refractivity contribution in [2.24, 2.45) is 5.73 Å². The topological polar surface area (TPSA) is 38.9 Å². The number of nitrogens with zero attached hydrogens (tertiary/aromatic N) is 1. The molecular formula is C13H11BrClFN2. The highest BCUT2D eigenvalue weighted by atomic mass is 79.9. The maximum absolute atomic E-state index is 14.0. The molecule has 0 saturated heterocycles. The van der Waals surface area contributed by atoms with Gasteiger partial charge in [-0.2, -0.15) is 0 Å². The first-order valence-electron chi connectivity index (χ1n) is 5.37. The van der Waals surface area contributed by atoms with Gasteiger partial charge < -0.3 is 5.73 Å². The summed E-state index contributed by atoms with van der Waals surface area (Å²) in [5, 5.41) is 0.0640. The fraction of sp³-hybridized carbons (Fsp3) is 0.154. The second-order valence-corrected chi connectivity index (χ2v) is 5.17. The Morgan fingerprint density at radius 2 is 2.17 bits per heavy atom. The minimum Gasteiger partial charge on any atom is -0.324 e. The van der Waals surface area contributed by atoms with Crippen LogP contribution in [-0.4, -0.2) is 4.98 Å². The van der Waals surface area contributed by atoms with Crippen LogP contribution in [0.25, 0.3) is 0 Å². The first kappa shape index (κ1) is 13.5. The van der Waals surface area contributed by atoms with E-state index in [1.165, 1.54) is 0 Å². The van der Waals surface area contributed by atoms with Crippen molar-refractivity contribution in [3.63, 3.8) is 0 Å². The van der Waals surface area contributed by atoms with Crippen molar-refractivity contribution in [2.75, 3.05) is 0 Å². The quantitative estimate of drug-likeness (QED) is 0.868. The van der Waals surface area contributed by atoms with E-state index < -0.39 is 11.9 Å². The first-order chi connectivity index (χ1) is 8.59. The third-order valence-corrected chi connectivity index (χ3v) is 3.90. The lowest BCUT2D eigenvalue weighted by molar-refractivity contribution is 0.579. The van der Waals surface area contributed by atoms with Gasteiger partial charge in [0.15, 0.2) is 0 Å². The molecule has 1 unspecified atom stereocenters. The molecule has 1 aromatic heterocycles. The van der Waals surface area contributed by atoms with Crippen LogP contribution in [0.4, 0.5) is 4.39 Å². The molecule has 0 aliphatic heterocycles. The molecule has 2 nitrogen and oxygen atoms in total. The highest BCUT2D eigenvalue weighted by Crippen LogP contribution is 2.30. The third-order valence-electron chi connectivity index (χ3n) is 2.64. The summed E-state index contributed by atoms with van der Waals surface area (Å²) in [5.74, 6) is -0.470. The van der Waals surface area contributed by atoms with Crippen LogP contribution in [0.5, 0.6) is 0 Å². The molecule has 2 rings (SSSR count). The Hall–Kier alpha value is -0.970. The second-order valence-electron chi connectivity index (χ2n) is 3.94. The van der Waals surface area contributed by atoms with E-state index in [0.717, 1.165) is 5.56 Å². The standard InChI is InChI=1S/C13H11BrClFN2/c14-10-4-3-9(13(16)12(10)15)11(17)6-8-2-1-5-18-7-8/h1-5,7,11H,6,17H2. The number of hydrogen-bond donors (Lipinski definition) is 1. The molecule has 18 heavy (non-hydrogen) atoms. The van der Waals surface area contributed by atoms with E-state index in [2.05, 4.69) is 20.9 Å². The Morgan fingerprint density at radius 3 is 2.83 bits per heavy atom.